The Bertz CT molecular complexity index is 384. The number of rotatable bonds is 5. The molecule has 4 N–H and O–H groups in total. The Morgan fingerprint density at radius 3 is 2.68 bits per heavy atom. The number of hydrazine groups is 1. The Labute approximate surface area is 114 Å². The molecule has 1 unspecified atom stereocenters. The van der Waals surface area contributed by atoms with E-state index in [0.717, 1.165) is 44.1 Å². The molecule has 0 amide bonds. The molecule has 1 fully saturated rings. The Balaban J connectivity index is 2.04. The van der Waals surface area contributed by atoms with Gasteiger partial charge in [0.1, 0.15) is 17.5 Å². The molecular weight excluding hydrogens is 242 g/mol. The van der Waals surface area contributed by atoms with Crippen LogP contribution in [0.4, 0.5) is 11.6 Å². The van der Waals surface area contributed by atoms with Crippen LogP contribution in [-0.2, 0) is 11.2 Å². The van der Waals surface area contributed by atoms with E-state index < -0.39 is 0 Å². The fraction of sp³-hybridized carbons (Fsp3) is 0.692. The third kappa shape index (κ3) is 3.78. The summed E-state index contributed by atoms with van der Waals surface area (Å²) in [6.45, 7) is 5.94. The summed E-state index contributed by atoms with van der Waals surface area (Å²) in [6, 6.07) is 2.21. The molecule has 1 aromatic heterocycles. The first-order valence-electron chi connectivity index (χ1n) is 6.91. The third-order valence-electron chi connectivity index (χ3n) is 3.59. The fourth-order valence-corrected chi connectivity index (χ4v) is 2.37. The van der Waals surface area contributed by atoms with Gasteiger partial charge in [-0.1, -0.05) is 6.92 Å². The second kappa shape index (κ2) is 6.68. The molecule has 0 bridgehead atoms. The molecule has 1 atom stereocenters. The molecule has 0 aromatic carbocycles. The normalized spacial score (nSPS) is 18.1. The van der Waals surface area contributed by atoms with Gasteiger partial charge in [-0.25, -0.2) is 15.8 Å². The molecule has 0 radical (unpaired) electrons. The van der Waals surface area contributed by atoms with E-state index in [0.29, 0.717) is 17.8 Å². The minimum atomic E-state index is 0.370. The van der Waals surface area contributed by atoms with Crippen molar-refractivity contribution >= 4 is 11.6 Å². The molecule has 1 aliphatic rings. The molecule has 2 heterocycles. The van der Waals surface area contributed by atoms with E-state index in [1.165, 1.54) is 0 Å². The van der Waals surface area contributed by atoms with Crippen LogP contribution >= 0.6 is 0 Å². The van der Waals surface area contributed by atoms with E-state index in [1.54, 1.807) is 0 Å². The van der Waals surface area contributed by atoms with Gasteiger partial charge in [-0.15, -0.1) is 0 Å². The summed E-state index contributed by atoms with van der Waals surface area (Å²) in [5, 5.41) is 3.46. The van der Waals surface area contributed by atoms with Gasteiger partial charge in [0.05, 0.1) is 0 Å². The predicted octanol–water partition coefficient (Wildman–Crippen LogP) is 1.55. The maximum absolute atomic E-state index is 5.43. The summed E-state index contributed by atoms with van der Waals surface area (Å²) in [5.41, 5.74) is 2.58. The predicted molar refractivity (Wildman–Crippen MR) is 75.8 cm³/mol. The Morgan fingerprint density at radius 1 is 1.37 bits per heavy atom. The number of nitrogens with two attached hydrogens (primary N) is 1. The number of aryl methyl sites for hydroxylation is 1. The van der Waals surface area contributed by atoms with Crippen molar-refractivity contribution in [2.75, 3.05) is 24.0 Å². The lowest BCUT2D eigenvalue weighted by Crippen LogP contribution is -2.31. The number of hydrogen-bond acceptors (Lipinski definition) is 6. The number of nitrogen functional groups attached to an aromatic ring is 1. The van der Waals surface area contributed by atoms with E-state index in [1.807, 2.05) is 13.0 Å². The van der Waals surface area contributed by atoms with Crippen LogP contribution in [-0.4, -0.2) is 29.2 Å². The summed E-state index contributed by atoms with van der Waals surface area (Å²) in [6.07, 6.45) is 2.99. The second-order valence-electron chi connectivity index (χ2n) is 4.94. The average Bonchev–Trinajstić information content (AvgIpc) is 2.47. The van der Waals surface area contributed by atoms with E-state index in [4.69, 9.17) is 10.6 Å². The van der Waals surface area contributed by atoms with Gasteiger partial charge in [0, 0.05) is 31.7 Å². The van der Waals surface area contributed by atoms with Crippen LogP contribution in [0.15, 0.2) is 6.07 Å². The first kappa shape index (κ1) is 14.0. The highest BCUT2D eigenvalue weighted by atomic mass is 16.5. The Hall–Kier alpha value is -1.40. The smallest absolute Gasteiger partial charge is 0.145 e. The summed E-state index contributed by atoms with van der Waals surface area (Å²) in [4.78, 5) is 8.77. The van der Waals surface area contributed by atoms with E-state index in [-0.39, 0.29) is 0 Å². The first-order valence-corrected chi connectivity index (χ1v) is 6.91. The highest BCUT2D eigenvalue weighted by molar-refractivity contribution is 5.47. The van der Waals surface area contributed by atoms with Crippen LogP contribution in [0.25, 0.3) is 0 Å². The summed E-state index contributed by atoms with van der Waals surface area (Å²) >= 11 is 0. The Morgan fingerprint density at radius 2 is 2.05 bits per heavy atom. The van der Waals surface area contributed by atoms with Crippen molar-refractivity contribution in [2.24, 2.45) is 11.8 Å². The Kier molecular flexibility index (Phi) is 4.93. The van der Waals surface area contributed by atoms with Crippen molar-refractivity contribution in [3.05, 3.63) is 11.9 Å². The largest absolute Gasteiger partial charge is 0.381 e. The van der Waals surface area contributed by atoms with Crippen LogP contribution in [0.2, 0.25) is 0 Å². The summed E-state index contributed by atoms with van der Waals surface area (Å²) in [7, 11) is 0. The molecule has 1 saturated heterocycles. The molecule has 0 spiro atoms. The standard InChI is InChI=1S/C13H23N5O/c1-3-11-16-12(8-13(17-11)18-14)15-9(2)10-4-6-19-7-5-10/h8-10H,3-7,14H2,1-2H3,(H2,15,16,17,18). The fourth-order valence-electron chi connectivity index (χ4n) is 2.37. The van der Waals surface area contributed by atoms with Gasteiger partial charge >= 0.3 is 0 Å². The van der Waals surface area contributed by atoms with Gasteiger partial charge in [0.25, 0.3) is 0 Å². The molecule has 0 saturated carbocycles. The zero-order chi connectivity index (χ0) is 13.7. The molecule has 6 nitrogen and oxygen atoms in total. The minimum absolute atomic E-state index is 0.370. The number of anilines is 2. The van der Waals surface area contributed by atoms with Crippen LogP contribution < -0.4 is 16.6 Å². The van der Waals surface area contributed by atoms with E-state index in [9.17, 15) is 0 Å². The average molecular weight is 265 g/mol. The molecule has 6 heteroatoms. The van der Waals surface area contributed by atoms with Crippen molar-refractivity contribution in [1.29, 1.82) is 0 Å². The number of aromatic nitrogens is 2. The van der Waals surface area contributed by atoms with Crippen LogP contribution in [0.5, 0.6) is 0 Å². The number of nitrogens with zero attached hydrogens (tertiary/aromatic N) is 2. The topological polar surface area (TPSA) is 85.1 Å². The zero-order valence-corrected chi connectivity index (χ0v) is 11.6. The maximum Gasteiger partial charge on any atom is 0.145 e. The molecule has 0 aliphatic carbocycles. The lowest BCUT2D eigenvalue weighted by molar-refractivity contribution is 0.0622. The van der Waals surface area contributed by atoms with Crippen molar-refractivity contribution in [3.8, 4) is 0 Å². The lowest BCUT2D eigenvalue weighted by atomic mass is 9.93. The molecule has 1 aliphatic heterocycles. The number of ether oxygens (including phenoxy) is 1. The van der Waals surface area contributed by atoms with Crippen molar-refractivity contribution in [1.82, 2.24) is 9.97 Å². The highest BCUT2D eigenvalue weighted by Gasteiger charge is 2.20. The van der Waals surface area contributed by atoms with Crippen LogP contribution in [0.3, 0.4) is 0 Å². The zero-order valence-electron chi connectivity index (χ0n) is 11.6. The number of nitrogens with one attached hydrogen (secondary N) is 2. The number of hydrogen-bond donors (Lipinski definition) is 3. The first-order chi connectivity index (χ1) is 9.22. The van der Waals surface area contributed by atoms with Crippen molar-refractivity contribution in [3.63, 3.8) is 0 Å². The van der Waals surface area contributed by atoms with Gasteiger partial charge < -0.3 is 15.5 Å². The van der Waals surface area contributed by atoms with E-state index in [2.05, 4.69) is 27.6 Å². The van der Waals surface area contributed by atoms with Gasteiger partial charge in [0.15, 0.2) is 0 Å². The van der Waals surface area contributed by atoms with Gasteiger partial charge in [0.2, 0.25) is 0 Å². The molecule has 2 rings (SSSR count). The van der Waals surface area contributed by atoms with Crippen LogP contribution in [0, 0.1) is 5.92 Å². The SMILES string of the molecule is CCc1nc(NN)cc(NC(C)C2CCOCC2)n1. The van der Waals surface area contributed by atoms with Crippen molar-refractivity contribution < 1.29 is 4.74 Å². The monoisotopic (exact) mass is 265 g/mol. The second-order valence-corrected chi connectivity index (χ2v) is 4.94. The maximum atomic E-state index is 5.43. The molecule has 1 aromatic rings. The van der Waals surface area contributed by atoms with Crippen molar-refractivity contribution in [2.45, 2.75) is 39.2 Å². The molecule has 106 valence electrons. The molecule has 19 heavy (non-hydrogen) atoms. The lowest BCUT2D eigenvalue weighted by Gasteiger charge is -2.28. The molecular formula is C13H23N5O. The van der Waals surface area contributed by atoms with Crippen LogP contribution in [0.1, 0.15) is 32.5 Å². The van der Waals surface area contributed by atoms with E-state index >= 15 is 0 Å². The third-order valence-corrected chi connectivity index (χ3v) is 3.59. The highest BCUT2D eigenvalue weighted by Crippen LogP contribution is 2.22. The van der Waals surface area contributed by atoms with Gasteiger partial charge in [-0.2, -0.15) is 0 Å². The van der Waals surface area contributed by atoms with Gasteiger partial charge in [-0.05, 0) is 25.7 Å². The van der Waals surface area contributed by atoms with Gasteiger partial charge in [-0.3, -0.25) is 0 Å². The minimum Gasteiger partial charge on any atom is -0.381 e. The summed E-state index contributed by atoms with van der Waals surface area (Å²) < 4.78 is 5.39. The summed E-state index contributed by atoms with van der Waals surface area (Å²) in [5.74, 6) is 8.33. The quantitative estimate of drug-likeness (QED) is 0.553.